The lowest BCUT2D eigenvalue weighted by atomic mass is 10.1. The van der Waals surface area contributed by atoms with Crippen molar-refractivity contribution in [1.29, 1.82) is 0 Å². The van der Waals surface area contributed by atoms with E-state index in [2.05, 4.69) is 10.6 Å². The topological polar surface area (TPSA) is 61.4 Å². The highest BCUT2D eigenvalue weighted by Crippen LogP contribution is 2.13. The molecule has 1 unspecified atom stereocenters. The second-order valence-electron chi connectivity index (χ2n) is 5.78. The van der Waals surface area contributed by atoms with Gasteiger partial charge in [-0.1, -0.05) is 36.4 Å². The van der Waals surface area contributed by atoms with Crippen molar-refractivity contribution in [3.63, 3.8) is 0 Å². The Morgan fingerprint density at radius 3 is 2.50 bits per heavy atom. The van der Waals surface area contributed by atoms with Crippen LogP contribution in [0, 0.1) is 0 Å². The monoisotopic (exact) mass is 345 g/mol. The number of carbonyl (C=O) groups excluding carboxylic acids is 2. The van der Waals surface area contributed by atoms with Gasteiger partial charge in [0.15, 0.2) is 0 Å². The molecule has 1 atom stereocenters. The number of nitrogens with zero attached hydrogens (tertiary/aromatic N) is 1. The fourth-order valence-corrected chi connectivity index (χ4v) is 2.98. The van der Waals surface area contributed by atoms with E-state index < -0.39 is 0 Å². The van der Waals surface area contributed by atoms with E-state index in [0.717, 1.165) is 12.1 Å². The Bertz CT molecular complexity index is 642. The molecule has 2 rings (SSSR count). The van der Waals surface area contributed by atoms with Crippen LogP contribution in [-0.2, 0) is 4.79 Å². The first-order chi connectivity index (χ1) is 11.6. The predicted octanol–water partition coefficient (Wildman–Crippen LogP) is 2.29. The lowest BCUT2D eigenvalue weighted by Gasteiger charge is -2.23. The Labute approximate surface area is 146 Å². The summed E-state index contributed by atoms with van der Waals surface area (Å²) in [6.07, 6.45) is 0.258. The van der Waals surface area contributed by atoms with Crippen LogP contribution in [0.3, 0.4) is 0 Å². The quantitative estimate of drug-likeness (QED) is 0.772. The molecule has 0 aliphatic rings. The molecule has 0 aliphatic heterocycles. The highest BCUT2D eigenvalue weighted by Gasteiger charge is 2.15. The molecule has 2 aromatic rings. The molecule has 0 bridgehead atoms. The van der Waals surface area contributed by atoms with Crippen LogP contribution < -0.4 is 10.6 Å². The van der Waals surface area contributed by atoms with Crippen molar-refractivity contribution in [2.45, 2.75) is 12.5 Å². The molecule has 0 saturated heterocycles. The van der Waals surface area contributed by atoms with Gasteiger partial charge >= 0.3 is 0 Å². The zero-order valence-electron chi connectivity index (χ0n) is 14.0. The molecule has 5 nitrogen and oxygen atoms in total. The third kappa shape index (κ3) is 5.79. The van der Waals surface area contributed by atoms with Gasteiger partial charge in [0.25, 0.3) is 5.91 Å². The number of carbonyl (C=O) groups is 2. The van der Waals surface area contributed by atoms with Crippen LogP contribution in [-0.4, -0.2) is 43.9 Å². The molecule has 24 heavy (non-hydrogen) atoms. The summed E-state index contributed by atoms with van der Waals surface area (Å²) in [5.41, 5.74) is 1.07. The predicted molar refractivity (Wildman–Crippen MR) is 97.1 cm³/mol. The molecule has 0 radical (unpaired) electrons. The first kappa shape index (κ1) is 18.2. The molecule has 1 heterocycles. The Morgan fingerprint density at radius 1 is 1.12 bits per heavy atom. The number of nitrogens with one attached hydrogen (secondary N) is 2. The molecular formula is C18H23N3O2S. The van der Waals surface area contributed by atoms with Crippen molar-refractivity contribution in [3.8, 4) is 0 Å². The van der Waals surface area contributed by atoms with E-state index in [0.29, 0.717) is 11.4 Å². The van der Waals surface area contributed by atoms with Crippen molar-refractivity contribution >= 4 is 23.2 Å². The van der Waals surface area contributed by atoms with Gasteiger partial charge in [-0.05, 0) is 31.1 Å². The number of thiophene rings is 1. The van der Waals surface area contributed by atoms with Crippen LogP contribution in [0.15, 0.2) is 47.8 Å². The SMILES string of the molecule is CN(C)CC(NC(=O)CCNC(=O)c1cccs1)c1ccccc1. The van der Waals surface area contributed by atoms with Gasteiger partial charge in [-0.3, -0.25) is 9.59 Å². The van der Waals surface area contributed by atoms with E-state index in [4.69, 9.17) is 0 Å². The lowest BCUT2D eigenvalue weighted by Crippen LogP contribution is -2.37. The molecule has 128 valence electrons. The summed E-state index contributed by atoms with van der Waals surface area (Å²) < 4.78 is 0. The van der Waals surface area contributed by atoms with Crippen molar-refractivity contribution in [3.05, 3.63) is 58.3 Å². The van der Waals surface area contributed by atoms with Gasteiger partial charge in [0.2, 0.25) is 5.91 Å². The first-order valence-electron chi connectivity index (χ1n) is 7.87. The summed E-state index contributed by atoms with van der Waals surface area (Å²) in [6.45, 7) is 1.04. The Morgan fingerprint density at radius 2 is 1.88 bits per heavy atom. The van der Waals surface area contributed by atoms with Gasteiger partial charge in [0, 0.05) is 19.5 Å². The number of hydrogen-bond donors (Lipinski definition) is 2. The third-order valence-electron chi connectivity index (χ3n) is 3.47. The number of rotatable bonds is 8. The molecule has 0 saturated carbocycles. The van der Waals surface area contributed by atoms with Gasteiger partial charge in [-0.2, -0.15) is 0 Å². The van der Waals surface area contributed by atoms with E-state index in [1.807, 2.05) is 60.8 Å². The molecule has 0 spiro atoms. The first-order valence-corrected chi connectivity index (χ1v) is 8.75. The minimum atomic E-state index is -0.134. The second-order valence-corrected chi connectivity index (χ2v) is 6.72. The smallest absolute Gasteiger partial charge is 0.261 e. The van der Waals surface area contributed by atoms with Crippen molar-refractivity contribution in [2.24, 2.45) is 0 Å². The number of hydrogen-bond acceptors (Lipinski definition) is 4. The maximum Gasteiger partial charge on any atom is 0.261 e. The molecule has 6 heteroatoms. The minimum Gasteiger partial charge on any atom is -0.351 e. The van der Waals surface area contributed by atoms with Gasteiger partial charge in [-0.25, -0.2) is 0 Å². The summed E-state index contributed by atoms with van der Waals surface area (Å²) in [5.74, 6) is -0.206. The molecule has 1 aromatic carbocycles. The number of likely N-dealkylation sites (N-methyl/N-ethyl adjacent to an activating group) is 1. The van der Waals surface area contributed by atoms with Crippen LogP contribution >= 0.6 is 11.3 Å². The normalized spacial score (nSPS) is 12.0. The van der Waals surface area contributed by atoms with E-state index in [-0.39, 0.29) is 24.3 Å². The van der Waals surface area contributed by atoms with Crippen LogP contribution in [0.1, 0.15) is 27.7 Å². The lowest BCUT2D eigenvalue weighted by molar-refractivity contribution is -0.121. The summed E-state index contributed by atoms with van der Waals surface area (Å²) in [5, 5.41) is 7.67. The molecule has 0 aliphatic carbocycles. The van der Waals surface area contributed by atoms with Crippen LogP contribution in [0.25, 0.3) is 0 Å². The van der Waals surface area contributed by atoms with Crippen LogP contribution in [0.4, 0.5) is 0 Å². The molecular weight excluding hydrogens is 322 g/mol. The van der Waals surface area contributed by atoms with Crippen molar-refractivity contribution < 1.29 is 9.59 Å². The van der Waals surface area contributed by atoms with Gasteiger partial charge < -0.3 is 15.5 Å². The van der Waals surface area contributed by atoms with Gasteiger partial charge in [-0.15, -0.1) is 11.3 Å². The largest absolute Gasteiger partial charge is 0.351 e. The van der Waals surface area contributed by atoms with Crippen molar-refractivity contribution in [1.82, 2.24) is 15.5 Å². The van der Waals surface area contributed by atoms with Crippen LogP contribution in [0.2, 0.25) is 0 Å². The fraction of sp³-hybridized carbons (Fsp3) is 0.333. The average Bonchev–Trinajstić information content (AvgIpc) is 3.09. The zero-order valence-corrected chi connectivity index (χ0v) is 14.8. The highest BCUT2D eigenvalue weighted by atomic mass is 32.1. The Balaban J connectivity index is 1.83. The van der Waals surface area contributed by atoms with Gasteiger partial charge in [0.1, 0.15) is 0 Å². The minimum absolute atomic E-state index is 0.0679. The summed E-state index contributed by atoms with van der Waals surface area (Å²) >= 11 is 1.39. The van der Waals surface area contributed by atoms with E-state index >= 15 is 0 Å². The summed E-state index contributed by atoms with van der Waals surface area (Å²) in [7, 11) is 3.95. The maximum atomic E-state index is 12.2. The Hall–Kier alpha value is -2.18. The highest BCUT2D eigenvalue weighted by molar-refractivity contribution is 7.12. The molecule has 0 fully saturated rings. The number of benzene rings is 1. The zero-order chi connectivity index (χ0) is 17.4. The average molecular weight is 345 g/mol. The van der Waals surface area contributed by atoms with Crippen molar-refractivity contribution in [2.75, 3.05) is 27.2 Å². The van der Waals surface area contributed by atoms with E-state index in [1.54, 1.807) is 6.07 Å². The van der Waals surface area contributed by atoms with E-state index in [1.165, 1.54) is 11.3 Å². The molecule has 2 amide bonds. The fourth-order valence-electron chi connectivity index (χ4n) is 2.34. The molecule has 2 N–H and O–H groups in total. The maximum absolute atomic E-state index is 12.2. The van der Waals surface area contributed by atoms with Crippen LogP contribution in [0.5, 0.6) is 0 Å². The summed E-state index contributed by atoms with van der Waals surface area (Å²) in [6, 6.07) is 13.4. The Kier molecular flexibility index (Phi) is 6.96. The number of amides is 2. The van der Waals surface area contributed by atoms with Gasteiger partial charge in [0.05, 0.1) is 10.9 Å². The third-order valence-corrected chi connectivity index (χ3v) is 4.34. The van der Waals surface area contributed by atoms with E-state index in [9.17, 15) is 9.59 Å². The summed E-state index contributed by atoms with van der Waals surface area (Å²) in [4.78, 5) is 26.7. The standard InChI is InChI=1S/C18H23N3O2S/c1-21(2)13-15(14-7-4-3-5-8-14)20-17(22)10-11-19-18(23)16-9-6-12-24-16/h3-9,12,15H,10-11,13H2,1-2H3,(H,19,23)(H,20,22). The second kappa shape index (κ2) is 9.20. The molecule has 1 aromatic heterocycles.